The Labute approximate surface area is 168 Å². The van der Waals surface area contributed by atoms with Crippen LogP contribution in [0.3, 0.4) is 0 Å². The van der Waals surface area contributed by atoms with Crippen LogP contribution in [0.5, 0.6) is 0 Å². The van der Waals surface area contributed by atoms with E-state index in [1.165, 1.54) is 16.2 Å². The van der Waals surface area contributed by atoms with Gasteiger partial charge in [0.15, 0.2) is 0 Å². The van der Waals surface area contributed by atoms with E-state index in [4.69, 9.17) is 11.6 Å². The number of benzene rings is 1. The average Bonchev–Trinajstić information content (AvgIpc) is 3.29. The van der Waals surface area contributed by atoms with Gasteiger partial charge in [0.25, 0.3) is 0 Å². The lowest BCUT2D eigenvalue weighted by atomic mass is 10.2. The molecule has 0 spiro atoms. The molecule has 150 valence electrons. The molecular weight excluding hydrogens is 415 g/mol. The Kier molecular flexibility index (Phi) is 6.24. The number of halogens is 4. The molecule has 2 heterocycles. The van der Waals surface area contributed by atoms with Crippen molar-refractivity contribution in [2.45, 2.75) is 31.5 Å². The summed E-state index contributed by atoms with van der Waals surface area (Å²) in [5.41, 5.74) is 1.30. The number of thiazole rings is 1. The molecule has 2 aromatic rings. The molecule has 0 saturated carbocycles. The zero-order valence-corrected chi connectivity index (χ0v) is 16.2. The number of amides is 2. The molecule has 0 bridgehead atoms. The molecule has 3 rings (SSSR count). The third kappa shape index (κ3) is 5.02. The van der Waals surface area contributed by atoms with Gasteiger partial charge in [-0.25, -0.2) is 4.98 Å². The van der Waals surface area contributed by atoms with Crippen molar-refractivity contribution in [2.75, 3.05) is 13.1 Å². The number of nitrogens with one attached hydrogen (secondary N) is 1. The second-order valence-corrected chi connectivity index (χ2v) is 7.64. The summed E-state index contributed by atoms with van der Waals surface area (Å²) in [5.74, 6) is -1.11. The Hall–Kier alpha value is -2.13. The first-order valence-corrected chi connectivity index (χ1v) is 9.83. The summed E-state index contributed by atoms with van der Waals surface area (Å²) in [6, 6.07) is 6.34. The molecule has 1 N–H and O–H groups in total. The minimum Gasteiger partial charge on any atom is -0.345 e. The van der Waals surface area contributed by atoms with Crippen molar-refractivity contribution in [1.29, 1.82) is 0 Å². The standard InChI is InChI=1S/C18H17ClF3N3O2S/c19-13-5-2-1-4-12(13)17-24-11(9-28-17)8-15(26)25-7-3-6-14(25)16(27)23-10-18(20,21)22/h1-2,4-5,9,14H,3,6-8,10H2,(H,23,27)/t14-/m0/s1. The van der Waals surface area contributed by atoms with Crippen LogP contribution in [0.25, 0.3) is 10.6 Å². The molecule has 1 aromatic heterocycles. The molecule has 1 saturated heterocycles. The number of rotatable bonds is 5. The quantitative estimate of drug-likeness (QED) is 0.785. The SMILES string of the molecule is O=C(NCC(F)(F)F)[C@@H]1CCCN1C(=O)Cc1csc(-c2ccccc2Cl)n1. The van der Waals surface area contributed by atoms with Gasteiger partial charge in [0.2, 0.25) is 11.8 Å². The van der Waals surface area contributed by atoms with Gasteiger partial charge in [-0.3, -0.25) is 9.59 Å². The maximum absolute atomic E-state index is 12.6. The van der Waals surface area contributed by atoms with Gasteiger partial charge in [-0.05, 0) is 18.9 Å². The molecule has 1 aliphatic rings. The molecule has 2 amide bonds. The summed E-state index contributed by atoms with van der Waals surface area (Å²) in [6.07, 6.45) is -3.60. The Morgan fingerprint density at radius 2 is 2.07 bits per heavy atom. The summed E-state index contributed by atoms with van der Waals surface area (Å²) in [6.45, 7) is -1.07. The van der Waals surface area contributed by atoms with Crippen molar-refractivity contribution in [3.05, 3.63) is 40.4 Å². The summed E-state index contributed by atoms with van der Waals surface area (Å²) < 4.78 is 36.9. The van der Waals surface area contributed by atoms with Crippen LogP contribution in [0.2, 0.25) is 5.02 Å². The normalized spacial score (nSPS) is 17.0. The molecule has 28 heavy (non-hydrogen) atoms. The summed E-state index contributed by atoms with van der Waals surface area (Å²) >= 11 is 7.51. The van der Waals surface area contributed by atoms with Crippen molar-refractivity contribution < 1.29 is 22.8 Å². The number of hydrogen-bond donors (Lipinski definition) is 1. The smallest absolute Gasteiger partial charge is 0.345 e. The van der Waals surface area contributed by atoms with E-state index >= 15 is 0 Å². The molecule has 1 atom stereocenters. The molecular formula is C18H17ClF3N3O2S. The van der Waals surface area contributed by atoms with Gasteiger partial charge in [0.1, 0.15) is 17.6 Å². The minimum atomic E-state index is -4.49. The topological polar surface area (TPSA) is 62.3 Å². The number of hydrogen-bond acceptors (Lipinski definition) is 4. The van der Waals surface area contributed by atoms with E-state index in [2.05, 4.69) is 4.98 Å². The van der Waals surface area contributed by atoms with Gasteiger partial charge in [0.05, 0.1) is 17.1 Å². The molecule has 1 aromatic carbocycles. The van der Waals surface area contributed by atoms with Crippen LogP contribution < -0.4 is 5.32 Å². The summed E-state index contributed by atoms with van der Waals surface area (Å²) in [7, 11) is 0. The van der Waals surface area contributed by atoms with Gasteiger partial charge in [-0.2, -0.15) is 13.2 Å². The number of alkyl halides is 3. The molecule has 0 radical (unpaired) electrons. The van der Waals surface area contributed by atoms with Crippen LogP contribution in [-0.2, 0) is 16.0 Å². The highest BCUT2D eigenvalue weighted by atomic mass is 35.5. The van der Waals surface area contributed by atoms with Crippen LogP contribution in [-0.4, -0.2) is 47.0 Å². The number of likely N-dealkylation sites (tertiary alicyclic amines) is 1. The molecule has 10 heteroatoms. The van der Waals surface area contributed by atoms with Crippen molar-refractivity contribution >= 4 is 34.8 Å². The van der Waals surface area contributed by atoms with Gasteiger partial charge < -0.3 is 10.2 Å². The first kappa shape index (κ1) is 20.6. The fraction of sp³-hybridized carbons (Fsp3) is 0.389. The number of aromatic nitrogens is 1. The second-order valence-electron chi connectivity index (χ2n) is 6.38. The third-order valence-corrected chi connectivity index (χ3v) is 5.58. The predicted molar refractivity (Wildman–Crippen MR) is 100 cm³/mol. The van der Waals surface area contributed by atoms with Crippen LogP contribution in [0.1, 0.15) is 18.5 Å². The summed E-state index contributed by atoms with van der Waals surface area (Å²) in [4.78, 5) is 30.4. The van der Waals surface area contributed by atoms with Crippen LogP contribution in [0.4, 0.5) is 13.2 Å². The van der Waals surface area contributed by atoms with Gasteiger partial charge in [-0.1, -0.05) is 29.8 Å². The Balaban J connectivity index is 1.64. The van der Waals surface area contributed by atoms with Crippen molar-refractivity contribution in [2.24, 2.45) is 0 Å². The lowest BCUT2D eigenvalue weighted by molar-refractivity contribution is -0.144. The summed E-state index contributed by atoms with van der Waals surface area (Å²) in [5, 5.41) is 4.83. The van der Waals surface area contributed by atoms with E-state index in [9.17, 15) is 22.8 Å². The van der Waals surface area contributed by atoms with E-state index in [0.29, 0.717) is 35.1 Å². The maximum atomic E-state index is 12.6. The van der Waals surface area contributed by atoms with Gasteiger partial charge >= 0.3 is 6.18 Å². The van der Waals surface area contributed by atoms with E-state index in [0.717, 1.165) is 5.56 Å². The van der Waals surface area contributed by atoms with Crippen LogP contribution >= 0.6 is 22.9 Å². The van der Waals surface area contributed by atoms with Crippen LogP contribution in [0.15, 0.2) is 29.6 Å². The minimum absolute atomic E-state index is 0.0238. The van der Waals surface area contributed by atoms with E-state index in [-0.39, 0.29) is 12.3 Å². The number of carbonyl (C=O) groups excluding carboxylic acids is 2. The first-order chi connectivity index (χ1) is 13.2. The van der Waals surface area contributed by atoms with Gasteiger partial charge in [-0.15, -0.1) is 11.3 Å². The lowest BCUT2D eigenvalue weighted by Crippen LogP contribution is -2.48. The second kappa shape index (κ2) is 8.48. The fourth-order valence-electron chi connectivity index (χ4n) is 3.05. The highest BCUT2D eigenvalue weighted by Crippen LogP contribution is 2.30. The molecule has 1 aliphatic heterocycles. The molecule has 0 aliphatic carbocycles. The predicted octanol–water partition coefficient (Wildman–Crippen LogP) is 3.68. The third-order valence-electron chi connectivity index (χ3n) is 4.33. The number of carbonyl (C=O) groups is 2. The lowest BCUT2D eigenvalue weighted by Gasteiger charge is -2.24. The van der Waals surface area contributed by atoms with E-state index in [1.807, 2.05) is 17.4 Å². The Morgan fingerprint density at radius 3 is 2.79 bits per heavy atom. The zero-order valence-electron chi connectivity index (χ0n) is 14.6. The first-order valence-electron chi connectivity index (χ1n) is 8.58. The van der Waals surface area contributed by atoms with Crippen molar-refractivity contribution in [3.8, 4) is 10.6 Å². The zero-order chi connectivity index (χ0) is 20.3. The fourth-order valence-corrected chi connectivity index (χ4v) is 4.19. The van der Waals surface area contributed by atoms with Crippen molar-refractivity contribution in [3.63, 3.8) is 0 Å². The van der Waals surface area contributed by atoms with E-state index < -0.39 is 24.7 Å². The average molecular weight is 432 g/mol. The maximum Gasteiger partial charge on any atom is 0.405 e. The molecule has 1 fully saturated rings. The number of nitrogens with zero attached hydrogens (tertiary/aromatic N) is 2. The van der Waals surface area contributed by atoms with Gasteiger partial charge in [0, 0.05) is 17.5 Å². The Bertz CT molecular complexity index is 872. The molecule has 0 unspecified atom stereocenters. The van der Waals surface area contributed by atoms with E-state index in [1.54, 1.807) is 17.5 Å². The largest absolute Gasteiger partial charge is 0.405 e. The Morgan fingerprint density at radius 1 is 1.32 bits per heavy atom. The monoisotopic (exact) mass is 431 g/mol. The highest BCUT2D eigenvalue weighted by molar-refractivity contribution is 7.13. The van der Waals surface area contributed by atoms with Crippen LogP contribution in [0, 0.1) is 0 Å². The highest BCUT2D eigenvalue weighted by Gasteiger charge is 2.36. The molecule has 5 nitrogen and oxygen atoms in total. The van der Waals surface area contributed by atoms with Crippen molar-refractivity contribution in [1.82, 2.24) is 15.2 Å².